The highest BCUT2D eigenvalue weighted by Gasteiger charge is 2.29. The van der Waals surface area contributed by atoms with E-state index in [1.807, 2.05) is 6.07 Å². The summed E-state index contributed by atoms with van der Waals surface area (Å²) in [5.74, 6) is -0.265. The molecule has 1 aromatic heterocycles. The van der Waals surface area contributed by atoms with Crippen LogP contribution in [0.3, 0.4) is 0 Å². The van der Waals surface area contributed by atoms with E-state index in [0.717, 1.165) is 38.0 Å². The average molecular weight is 250 g/mol. The number of pyridine rings is 1. The highest BCUT2D eigenvalue weighted by molar-refractivity contribution is 5.85. The standard InChI is InChI=1S/C13H18N2O3/c16-9-2-1-8-15(10-6-7-10)12-5-3-4-11(14-12)13(17)18/h3-5,10,16H,1-2,6-9H2,(H,17,18). The van der Waals surface area contributed by atoms with Crippen molar-refractivity contribution < 1.29 is 15.0 Å². The van der Waals surface area contributed by atoms with Crippen LogP contribution in [0, 0.1) is 0 Å². The third kappa shape index (κ3) is 3.20. The average Bonchev–Trinajstić information content (AvgIpc) is 3.19. The molecule has 1 fully saturated rings. The molecule has 0 aromatic carbocycles. The van der Waals surface area contributed by atoms with Crippen molar-refractivity contribution >= 4 is 11.8 Å². The van der Waals surface area contributed by atoms with Crippen LogP contribution in [-0.2, 0) is 0 Å². The van der Waals surface area contributed by atoms with Gasteiger partial charge in [-0.2, -0.15) is 0 Å². The number of rotatable bonds is 7. The lowest BCUT2D eigenvalue weighted by molar-refractivity contribution is 0.0690. The minimum atomic E-state index is -0.997. The summed E-state index contributed by atoms with van der Waals surface area (Å²) in [7, 11) is 0. The minimum absolute atomic E-state index is 0.0836. The van der Waals surface area contributed by atoms with Gasteiger partial charge in [0.2, 0.25) is 0 Å². The molecule has 0 saturated heterocycles. The fourth-order valence-electron chi connectivity index (χ4n) is 1.97. The van der Waals surface area contributed by atoms with Gasteiger partial charge < -0.3 is 15.1 Å². The van der Waals surface area contributed by atoms with E-state index in [4.69, 9.17) is 10.2 Å². The predicted molar refractivity (Wildman–Crippen MR) is 67.9 cm³/mol. The zero-order chi connectivity index (χ0) is 13.0. The Balaban J connectivity index is 2.09. The molecule has 1 saturated carbocycles. The van der Waals surface area contributed by atoms with Crippen LogP contribution < -0.4 is 4.90 Å². The molecule has 0 unspecified atom stereocenters. The lowest BCUT2D eigenvalue weighted by Crippen LogP contribution is -2.28. The number of hydrogen-bond acceptors (Lipinski definition) is 4. The molecule has 0 spiro atoms. The molecule has 2 rings (SSSR count). The van der Waals surface area contributed by atoms with Crippen LogP contribution in [0.5, 0.6) is 0 Å². The lowest BCUT2D eigenvalue weighted by Gasteiger charge is -2.23. The van der Waals surface area contributed by atoms with Gasteiger partial charge >= 0.3 is 5.97 Å². The molecule has 0 amide bonds. The predicted octanol–water partition coefficient (Wildman–Crippen LogP) is 1.52. The Morgan fingerprint density at radius 2 is 2.17 bits per heavy atom. The zero-order valence-corrected chi connectivity index (χ0v) is 10.2. The second-order valence-corrected chi connectivity index (χ2v) is 4.54. The Morgan fingerprint density at radius 3 is 2.78 bits per heavy atom. The van der Waals surface area contributed by atoms with Crippen molar-refractivity contribution in [2.24, 2.45) is 0 Å². The number of anilines is 1. The lowest BCUT2D eigenvalue weighted by atomic mass is 10.2. The number of aromatic carboxylic acids is 1. The first-order valence-corrected chi connectivity index (χ1v) is 6.30. The van der Waals surface area contributed by atoms with Crippen LogP contribution in [0.15, 0.2) is 18.2 Å². The smallest absolute Gasteiger partial charge is 0.354 e. The molecule has 98 valence electrons. The quantitative estimate of drug-likeness (QED) is 0.718. The number of carboxylic acid groups (broad SMARTS) is 1. The summed E-state index contributed by atoms with van der Waals surface area (Å²) in [5, 5.41) is 17.8. The molecular weight excluding hydrogens is 232 g/mol. The van der Waals surface area contributed by atoms with Crippen LogP contribution in [0.4, 0.5) is 5.82 Å². The monoisotopic (exact) mass is 250 g/mol. The van der Waals surface area contributed by atoms with Gasteiger partial charge in [0.05, 0.1) is 0 Å². The Kier molecular flexibility index (Phi) is 4.15. The fourth-order valence-corrected chi connectivity index (χ4v) is 1.97. The van der Waals surface area contributed by atoms with E-state index in [-0.39, 0.29) is 12.3 Å². The van der Waals surface area contributed by atoms with Crippen molar-refractivity contribution in [1.29, 1.82) is 0 Å². The van der Waals surface area contributed by atoms with Gasteiger partial charge in [0.25, 0.3) is 0 Å². The summed E-state index contributed by atoms with van der Waals surface area (Å²) in [6.07, 6.45) is 3.93. The van der Waals surface area contributed by atoms with Crippen LogP contribution in [0.2, 0.25) is 0 Å². The fraction of sp³-hybridized carbons (Fsp3) is 0.538. The number of carboxylic acids is 1. The maximum absolute atomic E-state index is 10.9. The number of aromatic nitrogens is 1. The second kappa shape index (κ2) is 5.82. The first-order chi connectivity index (χ1) is 8.72. The maximum Gasteiger partial charge on any atom is 0.354 e. The number of nitrogens with zero attached hydrogens (tertiary/aromatic N) is 2. The van der Waals surface area contributed by atoms with Gasteiger partial charge in [0.1, 0.15) is 5.82 Å². The van der Waals surface area contributed by atoms with Crippen LogP contribution in [0.1, 0.15) is 36.2 Å². The van der Waals surface area contributed by atoms with Crippen LogP contribution >= 0.6 is 0 Å². The topological polar surface area (TPSA) is 73.7 Å². The number of aliphatic hydroxyl groups excluding tert-OH is 1. The van der Waals surface area contributed by atoms with Crippen molar-refractivity contribution in [3.8, 4) is 0 Å². The van der Waals surface area contributed by atoms with Crippen molar-refractivity contribution in [3.63, 3.8) is 0 Å². The first-order valence-electron chi connectivity index (χ1n) is 6.30. The molecule has 5 nitrogen and oxygen atoms in total. The first kappa shape index (κ1) is 12.8. The Hall–Kier alpha value is -1.62. The molecule has 0 atom stereocenters. The van der Waals surface area contributed by atoms with Gasteiger partial charge in [-0.25, -0.2) is 9.78 Å². The number of unbranched alkanes of at least 4 members (excludes halogenated alkanes) is 1. The van der Waals surface area contributed by atoms with Gasteiger partial charge in [0, 0.05) is 19.2 Å². The van der Waals surface area contributed by atoms with E-state index in [2.05, 4.69) is 9.88 Å². The summed E-state index contributed by atoms with van der Waals surface area (Å²) in [6, 6.07) is 5.57. The van der Waals surface area contributed by atoms with E-state index in [1.165, 1.54) is 6.07 Å². The second-order valence-electron chi connectivity index (χ2n) is 4.54. The third-order valence-corrected chi connectivity index (χ3v) is 3.04. The summed E-state index contributed by atoms with van der Waals surface area (Å²) in [5.41, 5.74) is 0.0836. The van der Waals surface area contributed by atoms with E-state index in [9.17, 15) is 4.79 Å². The van der Waals surface area contributed by atoms with Crippen LogP contribution in [-0.4, -0.2) is 40.4 Å². The minimum Gasteiger partial charge on any atom is -0.477 e. The summed E-state index contributed by atoms with van der Waals surface area (Å²) in [6.45, 7) is 1.02. The van der Waals surface area contributed by atoms with Gasteiger partial charge in [-0.3, -0.25) is 0 Å². The molecular formula is C13H18N2O3. The Labute approximate surface area is 106 Å². The molecule has 0 aliphatic heterocycles. The molecule has 5 heteroatoms. The number of aliphatic hydroxyl groups is 1. The molecule has 2 N–H and O–H groups in total. The molecule has 0 bridgehead atoms. The summed E-state index contributed by atoms with van der Waals surface area (Å²) < 4.78 is 0. The van der Waals surface area contributed by atoms with E-state index in [0.29, 0.717) is 6.04 Å². The number of hydrogen-bond donors (Lipinski definition) is 2. The SMILES string of the molecule is O=C(O)c1cccc(N(CCCCO)C2CC2)n1. The van der Waals surface area contributed by atoms with E-state index >= 15 is 0 Å². The zero-order valence-electron chi connectivity index (χ0n) is 10.2. The van der Waals surface area contributed by atoms with Crippen molar-refractivity contribution in [2.75, 3.05) is 18.1 Å². The molecule has 1 heterocycles. The van der Waals surface area contributed by atoms with Gasteiger partial charge in [-0.15, -0.1) is 0 Å². The largest absolute Gasteiger partial charge is 0.477 e. The van der Waals surface area contributed by atoms with Crippen molar-refractivity contribution in [3.05, 3.63) is 23.9 Å². The van der Waals surface area contributed by atoms with Crippen molar-refractivity contribution in [2.45, 2.75) is 31.7 Å². The third-order valence-electron chi connectivity index (χ3n) is 3.04. The highest BCUT2D eigenvalue weighted by atomic mass is 16.4. The van der Waals surface area contributed by atoms with E-state index in [1.54, 1.807) is 6.07 Å². The van der Waals surface area contributed by atoms with Crippen LogP contribution in [0.25, 0.3) is 0 Å². The highest BCUT2D eigenvalue weighted by Crippen LogP contribution is 2.30. The molecule has 18 heavy (non-hydrogen) atoms. The number of carbonyl (C=O) groups is 1. The maximum atomic E-state index is 10.9. The summed E-state index contributed by atoms with van der Waals surface area (Å²) in [4.78, 5) is 17.2. The summed E-state index contributed by atoms with van der Waals surface area (Å²) >= 11 is 0. The molecule has 1 aromatic rings. The molecule has 1 aliphatic carbocycles. The Bertz CT molecular complexity index is 418. The normalized spacial score (nSPS) is 14.5. The van der Waals surface area contributed by atoms with E-state index < -0.39 is 5.97 Å². The molecule has 1 aliphatic rings. The van der Waals surface area contributed by atoms with Gasteiger partial charge in [-0.05, 0) is 37.8 Å². The van der Waals surface area contributed by atoms with Gasteiger partial charge in [0.15, 0.2) is 5.69 Å². The van der Waals surface area contributed by atoms with Crippen molar-refractivity contribution in [1.82, 2.24) is 4.98 Å². The molecule has 0 radical (unpaired) electrons. The van der Waals surface area contributed by atoms with Gasteiger partial charge in [-0.1, -0.05) is 6.07 Å². The Morgan fingerprint density at radius 1 is 1.39 bits per heavy atom.